The zero-order valence-corrected chi connectivity index (χ0v) is 13.9. The predicted molar refractivity (Wildman–Crippen MR) is 89.6 cm³/mol. The summed E-state index contributed by atoms with van der Waals surface area (Å²) in [6, 6.07) is 6.35. The zero-order chi connectivity index (χ0) is 16.2. The Morgan fingerprint density at radius 1 is 1.26 bits per heavy atom. The van der Waals surface area contributed by atoms with Crippen LogP contribution in [-0.2, 0) is 0 Å². The predicted octanol–water partition coefficient (Wildman–Crippen LogP) is 3.80. The third-order valence-electron chi connectivity index (χ3n) is 4.17. The molecule has 4 nitrogen and oxygen atoms in total. The molecule has 6 heteroatoms. The van der Waals surface area contributed by atoms with Crippen molar-refractivity contribution in [1.29, 1.82) is 0 Å². The van der Waals surface area contributed by atoms with Gasteiger partial charge in [0.15, 0.2) is 5.16 Å². The minimum absolute atomic E-state index is 0.117. The van der Waals surface area contributed by atoms with Gasteiger partial charge in [-0.05, 0) is 43.4 Å². The molecule has 1 aliphatic rings. The fourth-order valence-electron chi connectivity index (χ4n) is 2.98. The maximum Gasteiger partial charge on any atom is 0.270 e. The van der Waals surface area contributed by atoms with Crippen LogP contribution in [0.25, 0.3) is 5.69 Å². The highest BCUT2D eigenvalue weighted by molar-refractivity contribution is 7.98. The Balaban J connectivity index is 1.88. The number of nitrogens with one attached hydrogen (secondary N) is 1. The number of benzene rings is 1. The summed E-state index contributed by atoms with van der Waals surface area (Å²) in [5, 5.41) is 3.82. The van der Waals surface area contributed by atoms with Crippen LogP contribution in [0.3, 0.4) is 0 Å². The van der Waals surface area contributed by atoms with Crippen molar-refractivity contribution >= 4 is 17.7 Å². The number of aromatic nitrogens is 2. The number of imidazole rings is 1. The van der Waals surface area contributed by atoms with Crippen molar-refractivity contribution in [1.82, 2.24) is 14.9 Å². The molecule has 3 rings (SSSR count). The number of hydrogen-bond donors (Lipinski definition) is 1. The second-order valence-electron chi connectivity index (χ2n) is 5.75. The minimum atomic E-state index is -0.298. The molecule has 1 saturated carbocycles. The first kappa shape index (κ1) is 16.1. The topological polar surface area (TPSA) is 46.9 Å². The second kappa shape index (κ2) is 7.17. The molecule has 1 aliphatic carbocycles. The van der Waals surface area contributed by atoms with Crippen LogP contribution in [0.2, 0.25) is 0 Å². The van der Waals surface area contributed by atoms with Crippen LogP contribution in [0.4, 0.5) is 4.39 Å². The molecule has 122 valence electrons. The Bertz CT molecular complexity index is 678. The lowest BCUT2D eigenvalue weighted by molar-refractivity contribution is 0.0920. The summed E-state index contributed by atoms with van der Waals surface area (Å²) in [5.74, 6) is -0.415. The number of hydrogen-bond acceptors (Lipinski definition) is 3. The maximum atomic E-state index is 13.2. The summed E-state index contributed by atoms with van der Waals surface area (Å²) < 4.78 is 14.9. The minimum Gasteiger partial charge on any atom is -0.348 e. The summed E-state index contributed by atoms with van der Waals surface area (Å²) in [4.78, 5) is 17.0. The first-order valence-corrected chi connectivity index (χ1v) is 9.10. The van der Waals surface area contributed by atoms with E-state index in [1.807, 2.05) is 6.26 Å². The summed E-state index contributed by atoms with van der Waals surface area (Å²) in [5.41, 5.74) is 1.23. The number of carbonyl (C=O) groups is 1. The summed E-state index contributed by atoms with van der Waals surface area (Å²) in [7, 11) is 0. The standard InChI is InChI=1S/C17H20FN3OS/c1-23-17-19-11-15(16(22)20-13-5-3-2-4-6-13)21(17)14-9-7-12(18)8-10-14/h7-11,13H,2-6H2,1H3,(H,20,22). The van der Waals surface area contributed by atoms with Crippen LogP contribution in [-0.4, -0.2) is 27.8 Å². The van der Waals surface area contributed by atoms with Crippen LogP contribution in [0, 0.1) is 5.82 Å². The van der Waals surface area contributed by atoms with E-state index in [1.165, 1.54) is 30.3 Å². The molecule has 23 heavy (non-hydrogen) atoms. The molecule has 1 aromatic carbocycles. The Hall–Kier alpha value is -1.82. The first-order chi connectivity index (χ1) is 11.2. The zero-order valence-electron chi connectivity index (χ0n) is 13.1. The van der Waals surface area contributed by atoms with Gasteiger partial charge in [0.2, 0.25) is 0 Å². The SMILES string of the molecule is CSc1ncc(C(=O)NC2CCCCC2)n1-c1ccc(F)cc1. The molecule has 0 unspecified atom stereocenters. The van der Waals surface area contributed by atoms with Gasteiger partial charge in [-0.1, -0.05) is 31.0 Å². The highest BCUT2D eigenvalue weighted by Crippen LogP contribution is 2.23. The van der Waals surface area contributed by atoms with Gasteiger partial charge in [-0.3, -0.25) is 9.36 Å². The van der Waals surface area contributed by atoms with Gasteiger partial charge in [0.05, 0.1) is 6.20 Å². The Kier molecular flexibility index (Phi) is 5.00. The first-order valence-electron chi connectivity index (χ1n) is 7.87. The number of thioether (sulfide) groups is 1. The van der Waals surface area contributed by atoms with Gasteiger partial charge in [-0.2, -0.15) is 0 Å². The van der Waals surface area contributed by atoms with E-state index in [2.05, 4.69) is 10.3 Å². The van der Waals surface area contributed by atoms with Crippen molar-refractivity contribution in [2.45, 2.75) is 43.3 Å². The molecule has 1 N–H and O–H groups in total. The number of nitrogens with zero attached hydrogens (tertiary/aromatic N) is 2. The fraction of sp³-hybridized carbons (Fsp3) is 0.412. The third kappa shape index (κ3) is 3.58. The van der Waals surface area contributed by atoms with E-state index in [1.54, 1.807) is 22.9 Å². The Morgan fingerprint density at radius 3 is 2.61 bits per heavy atom. The quantitative estimate of drug-likeness (QED) is 0.866. The Morgan fingerprint density at radius 2 is 1.96 bits per heavy atom. The van der Waals surface area contributed by atoms with E-state index in [0.29, 0.717) is 10.9 Å². The molecule has 2 aromatic rings. The van der Waals surface area contributed by atoms with Crippen molar-refractivity contribution in [2.75, 3.05) is 6.26 Å². The van der Waals surface area contributed by atoms with Crippen LogP contribution in [0.1, 0.15) is 42.6 Å². The molecule has 0 spiro atoms. The molecule has 0 aliphatic heterocycles. The molecular weight excluding hydrogens is 313 g/mol. The van der Waals surface area contributed by atoms with E-state index in [0.717, 1.165) is 31.4 Å². The van der Waals surface area contributed by atoms with Crippen LogP contribution >= 0.6 is 11.8 Å². The van der Waals surface area contributed by atoms with E-state index in [-0.39, 0.29) is 17.8 Å². The molecule has 0 saturated heterocycles. The number of halogens is 1. The molecule has 1 fully saturated rings. The number of rotatable bonds is 4. The van der Waals surface area contributed by atoms with Gasteiger partial charge in [0.1, 0.15) is 11.5 Å². The van der Waals surface area contributed by atoms with Gasteiger partial charge in [0, 0.05) is 11.7 Å². The summed E-state index contributed by atoms with van der Waals surface area (Å²) >= 11 is 1.46. The second-order valence-corrected chi connectivity index (χ2v) is 6.52. The van der Waals surface area contributed by atoms with Crippen LogP contribution in [0.15, 0.2) is 35.6 Å². The molecular formula is C17H20FN3OS. The number of carbonyl (C=O) groups excluding carboxylic acids is 1. The summed E-state index contributed by atoms with van der Waals surface area (Å²) in [6.07, 6.45) is 9.14. The normalized spacial score (nSPS) is 15.6. The van der Waals surface area contributed by atoms with Gasteiger partial charge < -0.3 is 5.32 Å². The van der Waals surface area contributed by atoms with Crippen molar-refractivity contribution in [3.05, 3.63) is 42.0 Å². The lowest BCUT2D eigenvalue weighted by atomic mass is 9.95. The molecule has 1 heterocycles. The highest BCUT2D eigenvalue weighted by Gasteiger charge is 2.21. The van der Waals surface area contributed by atoms with Gasteiger partial charge in [0.25, 0.3) is 5.91 Å². The number of amides is 1. The van der Waals surface area contributed by atoms with E-state index < -0.39 is 0 Å². The van der Waals surface area contributed by atoms with Crippen molar-refractivity contribution in [2.24, 2.45) is 0 Å². The van der Waals surface area contributed by atoms with Crippen molar-refractivity contribution < 1.29 is 9.18 Å². The largest absolute Gasteiger partial charge is 0.348 e. The Labute approximate surface area is 139 Å². The average molecular weight is 333 g/mol. The molecule has 1 amide bonds. The molecule has 0 radical (unpaired) electrons. The smallest absolute Gasteiger partial charge is 0.270 e. The van der Waals surface area contributed by atoms with Crippen LogP contribution in [0.5, 0.6) is 0 Å². The molecule has 0 bridgehead atoms. The summed E-state index contributed by atoms with van der Waals surface area (Å²) in [6.45, 7) is 0. The lowest BCUT2D eigenvalue weighted by Gasteiger charge is -2.23. The van der Waals surface area contributed by atoms with Crippen molar-refractivity contribution in [3.8, 4) is 5.69 Å². The van der Waals surface area contributed by atoms with E-state index in [4.69, 9.17) is 0 Å². The molecule has 1 aromatic heterocycles. The molecule has 0 atom stereocenters. The monoisotopic (exact) mass is 333 g/mol. The lowest BCUT2D eigenvalue weighted by Crippen LogP contribution is -2.37. The van der Waals surface area contributed by atoms with E-state index >= 15 is 0 Å². The van der Waals surface area contributed by atoms with Crippen molar-refractivity contribution in [3.63, 3.8) is 0 Å². The van der Waals surface area contributed by atoms with Gasteiger partial charge >= 0.3 is 0 Å². The third-order valence-corrected chi connectivity index (χ3v) is 4.82. The maximum absolute atomic E-state index is 13.2. The van der Waals surface area contributed by atoms with Gasteiger partial charge in [-0.25, -0.2) is 9.37 Å². The highest BCUT2D eigenvalue weighted by atomic mass is 32.2. The van der Waals surface area contributed by atoms with Gasteiger partial charge in [-0.15, -0.1) is 0 Å². The van der Waals surface area contributed by atoms with E-state index in [9.17, 15) is 9.18 Å². The van der Waals surface area contributed by atoms with Crippen LogP contribution < -0.4 is 5.32 Å². The average Bonchev–Trinajstić information content (AvgIpc) is 3.00. The fourth-order valence-corrected chi connectivity index (χ4v) is 3.53.